The average molecular weight is 269 g/mol. The molecule has 6 nitrogen and oxygen atoms in total. The highest BCUT2D eigenvalue weighted by Gasteiger charge is 2.22. The Kier molecular flexibility index (Phi) is 4.99. The van der Waals surface area contributed by atoms with Crippen LogP contribution in [0.3, 0.4) is 0 Å². The first kappa shape index (κ1) is 14.6. The molecule has 0 unspecified atom stereocenters. The highest BCUT2D eigenvalue weighted by atomic mass is 19.1. The minimum atomic E-state index is -1.50. The summed E-state index contributed by atoms with van der Waals surface area (Å²) < 4.78 is 12.9. The summed E-state index contributed by atoms with van der Waals surface area (Å²) in [6, 6.07) is 3.79. The largest absolute Gasteiger partial charge is 0.481 e. The van der Waals surface area contributed by atoms with Gasteiger partial charge in [0.05, 0.1) is 12.8 Å². The number of benzene rings is 1. The maximum atomic E-state index is 12.9. The molecular formula is C12H12FNO5. The van der Waals surface area contributed by atoms with E-state index in [1.165, 1.54) is 18.2 Å². The van der Waals surface area contributed by atoms with Crippen molar-refractivity contribution in [2.45, 2.75) is 18.9 Å². The Labute approximate surface area is 107 Å². The molecule has 102 valence electrons. The van der Waals surface area contributed by atoms with Crippen molar-refractivity contribution in [2.24, 2.45) is 0 Å². The Balaban J connectivity index is 2.62. The van der Waals surface area contributed by atoms with E-state index >= 15 is 0 Å². The third kappa shape index (κ3) is 5.15. The van der Waals surface area contributed by atoms with Gasteiger partial charge >= 0.3 is 11.9 Å². The van der Waals surface area contributed by atoms with E-state index < -0.39 is 36.1 Å². The molecule has 1 atom stereocenters. The number of hydrogen-bond donors (Lipinski definition) is 3. The third-order valence-corrected chi connectivity index (χ3v) is 2.27. The molecule has 0 aliphatic rings. The lowest BCUT2D eigenvalue weighted by atomic mass is 10.1. The number of carbonyl (C=O) groups excluding carboxylic acids is 1. The Hall–Kier alpha value is -2.44. The summed E-state index contributed by atoms with van der Waals surface area (Å²) >= 11 is 0. The molecule has 3 N–H and O–H groups in total. The standard InChI is InChI=1S/C12H12FNO5/c13-8-3-1-2-7(4-8)5-10(15)14-9(12(18)19)6-11(16)17/h1-4,9H,5-6H2,(H,14,15)(H,16,17)(H,18,19)/t9-/m1/s1. The van der Waals surface area contributed by atoms with Gasteiger partial charge in [-0.15, -0.1) is 0 Å². The van der Waals surface area contributed by atoms with Crippen LogP contribution in [0, 0.1) is 5.82 Å². The second-order valence-electron chi connectivity index (χ2n) is 3.86. The summed E-state index contributed by atoms with van der Waals surface area (Å²) in [6.07, 6.45) is -0.939. The second-order valence-corrected chi connectivity index (χ2v) is 3.86. The summed E-state index contributed by atoms with van der Waals surface area (Å²) in [5.41, 5.74) is 0.372. The van der Waals surface area contributed by atoms with Crippen molar-refractivity contribution in [1.29, 1.82) is 0 Å². The van der Waals surface area contributed by atoms with Gasteiger partial charge in [-0.05, 0) is 17.7 Å². The van der Waals surface area contributed by atoms with Gasteiger partial charge in [0.2, 0.25) is 5.91 Å². The van der Waals surface area contributed by atoms with Gasteiger partial charge in [-0.1, -0.05) is 12.1 Å². The normalized spacial score (nSPS) is 11.6. The van der Waals surface area contributed by atoms with Crippen molar-refractivity contribution in [2.75, 3.05) is 0 Å². The van der Waals surface area contributed by atoms with Gasteiger partial charge in [-0.2, -0.15) is 0 Å². The second kappa shape index (κ2) is 6.48. The maximum absolute atomic E-state index is 12.9. The molecular weight excluding hydrogens is 257 g/mol. The van der Waals surface area contributed by atoms with E-state index in [2.05, 4.69) is 5.32 Å². The SMILES string of the molecule is O=C(O)C[C@@H](NC(=O)Cc1cccc(F)c1)C(=O)O. The highest BCUT2D eigenvalue weighted by molar-refractivity contribution is 5.87. The predicted octanol–water partition coefficient (Wildman–Crippen LogP) is 0.412. The predicted molar refractivity (Wildman–Crippen MR) is 61.9 cm³/mol. The van der Waals surface area contributed by atoms with Gasteiger partial charge in [0.25, 0.3) is 0 Å². The Morgan fingerprint density at radius 1 is 1.26 bits per heavy atom. The number of nitrogens with one attached hydrogen (secondary N) is 1. The molecule has 0 radical (unpaired) electrons. The fourth-order valence-corrected chi connectivity index (χ4v) is 1.45. The molecule has 0 bridgehead atoms. The van der Waals surface area contributed by atoms with E-state index in [0.29, 0.717) is 5.56 Å². The van der Waals surface area contributed by atoms with Crippen molar-refractivity contribution in [3.05, 3.63) is 35.6 Å². The molecule has 0 heterocycles. The zero-order chi connectivity index (χ0) is 14.4. The molecule has 19 heavy (non-hydrogen) atoms. The van der Waals surface area contributed by atoms with Crippen LogP contribution in [-0.2, 0) is 20.8 Å². The molecule has 1 rings (SSSR count). The van der Waals surface area contributed by atoms with Gasteiger partial charge in [-0.3, -0.25) is 9.59 Å². The summed E-state index contributed by atoms with van der Waals surface area (Å²) in [5, 5.41) is 19.3. The van der Waals surface area contributed by atoms with Crippen LogP contribution in [-0.4, -0.2) is 34.1 Å². The lowest BCUT2D eigenvalue weighted by molar-refractivity contribution is -0.147. The minimum absolute atomic E-state index is 0.221. The van der Waals surface area contributed by atoms with Gasteiger partial charge < -0.3 is 15.5 Å². The third-order valence-electron chi connectivity index (χ3n) is 2.27. The zero-order valence-corrected chi connectivity index (χ0v) is 9.80. The van der Waals surface area contributed by atoms with Crippen LogP contribution in [0.2, 0.25) is 0 Å². The number of amides is 1. The maximum Gasteiger partial charge on any atom is 0.326 e. The molecule has 0 fully saturated rings. The number of carbonyl (C=O) groups is 3. The molecule has 0 saturated heterocycles. The summed E-state index contributed by atoms with van der Waals surface area (Å²) in [6.45, 7) is 0. The first-order chi connectivity index (χ1) is 8.88. The van der Waals surface area contributed by atoms with Crippen LogP contribution in [0.25, 0.3) is 0 Å². The fraction of sp³-hybridized carbons (Fsp3) is 0.250. The number of hydrogen-bond acceptors (Lipinski definition) is 3. The van der Waals surface area contributed by atoms with Gasteiger partial charge in [-0.25, -0.2) is 9.18 Å². The lowest BCUT2D eigenvalue weighted by Gasteiger charge is -2.12. The lowest BCUT2D eigenvalue weighted by Crippen LogP contribution is -2.42. The van der Waals surface area contributed by atoms with Gasteiger partial charge in [0.1, 0.15) is 11.9 Å². The molecule has 0 aromatic heterocycles. The van der Waals surface area contributed by atoms with Crippen LogP contribution in [0.15, 0.2) is 24.3 Å². The Morgan fingerprint density at radius 3 is 2.47 bits per heavy atom. The van der Waals surface area contributed by atoms with E-state index in [4.69, 9.17) is 10.2 Å². The summed E-state index contributed by atoms with van der Waals surface area (Å²) in [4.78, 5) is 32.7. The molecule has 0 aliphatic heterocycles. The number of rotatable bonds is 6. The molecule has 1 aromatic carbocycles. The van der Waals surface area contributed by atoms with Crippen LogP contribution < -0.4 is 5.32 Å². The Bertz CT molecular complexity index is 503. The number of carboxylic acid groups (broad SMARTS) is 2. The first-order valence-electron chi connectivity index (χ1n) is 5.37. The smallest absolute Gasteiger partial charge is 0.326 e. The first-order valence-corrected chi connectivity index (χ1v) is 5.37. The quantitative estimate of drug-likeness (QED) is 0.694. The van der Waals surface area contributed by atoms with E-state index in [9.17, 15) is 18.8 Å². The van der Waals surface area contributed by atoms with Crippen molar-refractivity contribution < 1.29 is 29.0 Å². The monoisotopic (exact) mass is 269 g/mol. The van der Waals surface area contributed by atoms with Crippen molar-refractivity contribution in [3.63, 3.8) is 0 Å². The minimum Gasteiger partial charge on any atom is -0.481 e. The molecule has 1 aromatic rings. The summed E-state index contributed by atoms with van der Waals surface area (Å²) in [7, 11) is 0. The van der Waals surface area contributed by atoms with E-state index in [-0.39, 0.29) is 6.42 Å². The van der Waals surface area contributed by atoms with Crippen LogP contribution in [0.1, 0.15) is 12.0 Å². The topological polar surface area (TPSA) is 104 Å². The van der Waals surface area contributed by atoms with Gasteiger partial charge in [0, 0.05) is 0 Å². The van der Waals surface area contributed by atoms with E-state index in [1.807, 2.05) is 0 Å². The van der Waals surface area contributed by atoms with E-state index in [0.717, 1.165) is 6.07 Å². The van der Waals surface area contributed by atoms with Crippen LogP contribution >= 0.6 is 0 Å². The molecule has 7 heteroatoms. The zero-order valence-electron chi connectivity index (χ0n) is 9.80. The molecule has 0 aliphatic carbocycles. The van der Waals surface area contributed by atoms with Crippen molar-refractivity contribution in [1.82, 2.24) is 5.32 Å². The fourth-order valence-electron chi connectivity index (χ4n) is 1.45. The molecule has 1 amide bonds. The number of carboxylic acids is 2. The Morgan fingerprint density at radius 2 is 1.95 bits per heavy atom. The number of halogens is 1. The highest BCUT2D eigenvalue weighted by Crippen LogP contribution is 2.04. The van der Waals surface area contributed by atoms with Crippen LogP contribution in [0.5, 0.6) is 0 Å². The average Bonchev–Trinajstić information content (AvgIpc) is 2.27. The van der Waals surface area contributed by atoms with Crippen molar-refractivity contribution >= 4 is 17.8 Å². The number of aliphatic carboxylic acids is 2. The molecule has 0 spiro atoms. The molecule has 0 saturated carbocycles. The van der Waals surface area contributed by atoms with Crippen molar-refractivity contribution in [3.8, 4) is 0 Å². The van der Waals surface area contributed by atoms with Crippen LogP contribution in [0.4, 0.5) is 4.39 Å². The van der Waals surface area contributed by atoms with E-state index in [1.54, 1.807) is 0 Å². The summed E-state index contributed by atoms with van der Waals surface area (Å²) in [5.74, 6) is -3.96. The van der Waals surface area contributed by atoms with Gasteiger partial charge in [0.15, 0.2) is 0 Å².